The monoisotopic (exact) mass is 321 g/mol. The standard InChI is InChI=1S/C16H14F3N3O/c17-16(18,19)10-3-1-9(2-4-10)15-8-13(22-21)12-7-11(20)5-6-14(12)23-15/h1-7,15H,8,20-21H2. The third-order valence-corrected chi connectivity index (χ3v) is 3.73. The fraction of sp³-hybridized carbons (Fsp3) is 0.188. The van der Waals surface area contributed by atoms with Gasteiger partial charge in [0.1, 0.15) is 11.9 Å². The molecule has 4 N–H and O–H groups in total. The molecule has 0 fully saturated rings. The van der Waals surface area contributed by atoms with E-state index < -0.39 is 17.8 Å². The van der Waals surface area contributed by atoms with Crippen molar-refractivity contribution in [3.05, 3.63) is 59.2 Å². The van der Waals surface area contributed by atoms with Gasteiger partial charge in [-0.2, -0.15) is 18.3 Å². The molecule has 0 aromatic heterocycles. The van der Waals surface area contributed by atoms with Gasteiger partial charge in [-0.25, -0.2) is 0 Å². The molecule has 1 unspecified atom stereocenters. The number of nitrogen functional groups attached to an aromatic ring is 1. The molecule has 2 aromatic rings. The zero-order valence-electron chi connectivity index (χ0n) is 12.0. The molecule has 7 heteroatoms. The minimum absolute atomic E-state index is 0.359. The van der Waals surface area contributed by atoms with Gasteiger partial charge in [0.05, 0.1) is 11.3 Å². The Morgan fingerprint density at radius 1 is 1.09 bits per heavy atom. The number of anilines is 1. The average Bonchev–Trinajstić information content (AvgIpc) is 2.53. The maximum Gasteiger partial charge on any atom is 0.416 e. The van der Waals surface area contributed by atoms with Gasteiger partial charge in [0, 0.05) is 17.7 Å². The molecule has 120 valence electrons. The van der Waals surface area contributed by atoms with E-state index in [1.54, 1.807) is 18.2 Å². The second-order valence-electron chi connectivity index (χ2n) is 5.26. The third kappa shape index (κ3) is 2.94. The largest absolute Gasteiger partial charge is 0.485 e. The average molecular weight is 321 g/mol. The lowest BCUT2D eigenvalue weighted by molar-refractivity contribution is -0.137. The summed E-state index contributed by atoms with van der Waals surface area (Å²) in [6.07, 6.45) is -4.45. The fourth-order valence-corrected chi connectivity index (χ4v) is 2.55. The number of halogens is 3. The maximum atomic E-state index is 12.6. The van der Waals surface area contributed by atoms with E-state index in [0.29, 0.717) is 34.7 Å². The van der Waals surface area contributed by atoms with Crippen LogP contribution in [0.25, 0.3) is 0 Å². The molecule has 1 aliphatic heterocycles. The summed E-state index contributed by atoms with van der Waals surface area (Å²) in [6.45, 7) is 0. The zero-order valence-corrected chi connectivity index (χ0v) is 12.0. The smallest absolute Gasteiger partial charge is 0.416 e. The van der Waals surface area contributed by atoms with Crippen molar-refractivity contribution in [3.63, 3.8) is 0 Å². The molecular formula is C16H14F3N3O. The second kappa shape index (κ2) is 5.49. The summed E-state index contributed by atoms with van der Waals surface area (Å²) in [5.41, 5.74) is 7.54. The highest BCUT2D eigenvalue weighted by atomic mass is 19.4. The first-order valence-electron chi connectivity index (χ1n) is 6.89. The fourth-order valence-electron chi connectivity index (χ4n) is 2.55. The summed E-state index contributed by atoms with van der Waals surface area (Å²) < 4.78 is 43.8. The summed E-state index contributed by atoms with van der Waals surface area (Å²) in [5, 5.41) is 3.76. The Hall–Kier alpha value is -2.70. The van der Waals surface area contributed by atoms with Crippen molar-refractivity contribution in [2.45, 2.75) is 18.7 Å². The quantitative estimate of drug-likeness (QED) is 0.480. The molecule has 0 radical (unpaired) electrons. The minimum Gasteiger partial charge on any atom is -0.485 e. The van der Waals surface area contributed by atoms with Crippen LogP contribution in [-0.4, -0.2) is 5.71 Å². The predicted octanol–water partition coefficient (Wildman–Crippen LogP) is 3.47. The molecule has 0 bridgehead atoms. The molecular weight excluding hydrogens is 307 g/mol. The van der Waals surface area contributed by atoms with E-state index in [-0.39, 0.29) is 0 Å². The number of alkyl halides is 3. The normalized spacial score (nSPS) is 19.3. The molecule has 0 saturated carbocycles. The molecule has 1 aliphatic rings. The van der Waals surface area contributed by atoms with Crippen LogP contribution in [0.3, 0.4) is 0 Å². The van der Waals surface area contributed by atoms with Crippen molar-refractivity contribution in [3.8, 4) is 5.75 Å². The molecule has 3 rings (SSSR count). The number of hydrogen-bond acceptors (Lipinski definition) is 4. The van der Waals surface area contributed by atoms with Crippen molar-refractivity contribution in [1.82, 2.24) is 0 Å². The Balaban J connectivity index is 1.92. The minimum atomic E-state index is -4.36. The van der Waals surface area contributed by atoms with Crippen LogP contribution in [0.4, 0.5) is 18.9 Å². The van der Waals surface area contributed by atoms with Crippen LogP contribution in [0, 0.1) is 0 Å². The van der Waals surface area contributed by atoms with Crippen molar-refractivity contribution in [2.24, 2.45) is 10.9 Å². The Labute approximate surface area is 130 Å². The molecule has 0 saturated heterocycles. The van der Waals surface area contributed by atoms with Crippen molar-refractivity contribution in [1.29, 1.82) is 0 Å². The van der Waals surface area contributed by atoms with Crippen LogP contribution in [0.2, 0.25) is 0 Å². The van der Waals surface area contributed by atoms with Gasteiger partial charge in [-0.1, -0.05) is 12.1 Å². The molecule has 1 atom stereocenters. The van der Waals surface area contributed by atoms with E-state index in [2.05, 4.69) is 5.10 Å². The summed E-state index contributed by atoms with van der Waals surface area (Å²) in [5.74, 6) is 5.99. The van der Waals surface area contributed by atoms with Crippen LogP contribution < -0.4 is 16.3 Å². The number of rotatable bonds is 1. The van der Waals surface area contributed by atoms with Gasteiger partial charge < -0.3 is 16.3 Å². The van der Waals surface area contributed by atoms with Gasteiger partial charge in [-0.3, -0.25) is 0 Å². The van der Waals surface area contributed by atoms with Gasteiger partial charge in [-0.15, -0.1) is 0 Å². The van der Waals surface area contributed by atoms with E-state index in [1.807, 2.05) is 0 Å². The zero-order chi connectivity index (χ0) is 16.6. The Kier molecular flexibility index (Phi) is 3.63. The van der Waals surface area contributed by atoms with Crippen LogP contribution in [-0.2, 0) is 6.18 Å². The van der Waals surface area contributed by atoms with Crippen LogP contribution in [0.5, 0.6) is 5.75 Å². The van der Waals surface area contributed by atoms with Gasteiger partial charge in [-0.05, 0) is 35.9 Å². The number of nitrogens with zero attached hydrogens (tertiary/aromatic N) is 1. The summed E-state index contributed by atoms with van der Waals surface area (Å²) in [6, 6.07) is 9.99. The molecule has 1 heterocycles. The number of hydrogen-bond donors (Lipinski definition) is 2. The van der Waals surface area contributed by atoms with E-state index >= 15 is 0 Å². The van der Waals surface area contributed by atoms with Crippen molar-refractivity contribution >= 4 is 11.4 Å². The molecule has 4 nitrogen and oxygen atoms in total. The van der Waals surface area contributed by atoms with Gasteiger partial charge in [0.15, 0.2) is 0 Å². The van der Waals surface area contributed by atoms with Gasteiger partial charge in [0.2, 0.25) is 0 Å². The van der Waals surface area contributed by atoms with Crippen molar-refractivity contribution in [2.75, 3.05) is 5.73 Å². The van der Waals surface area contributed by atoms with E-state index in [1.165, 1.54) is 12.1 Å². The number of nitrogens with two attached hydrogens (primary N) is 2. The second-order valence-corrected chi connectivity index (χ2v) is 5.26. The summed E-state index contributed by atoms with van der Waals surface area (Å²) >= 11 is 0. The number of hydrazone groups is 1. The Morgan fingerprint density at radius 2 is 1.78 bits per heavy atom. The van der Waals surface area contributed by atoms with Crippen LogP contribution in [0.15, 0.2) is 47.6 Å². The highest BCUT2D eigenvalue weighted by molar-refractivity contribution is 6.04. The molecule has 0 aliphatic carbocycles. The lowest BCUT2D eigenvalue weighted by Crippen LogP contribution is -2.22. The lowest BCUT2D eigenvalue weighted by Gasteiger charge is -2.27. The summed E-state index contributed by atoms with van der Waals surface area (Å²) in [4.78, 5) is 0. The molecule has 23 heavy (non-hydrogen) atoms. The number of fused-ring (bicyclic) bond motifs is 1. The topological polar surface area (TPSA) is 73.6 Å². The highest BCUT2D eigenvalue weighted by Crippen LogP contribution is 2.37. The Morgan fingerprint density at radius 3 is 2.39 bits per heavy atom. The van der Waals surface area contributed by atoms with Crippen LogP contribution >= 0.6 is 0 Å². The van der Waals surface area contributed by atoms with E-state index in [4.69, 9.17) is 16.3 Å². The number of benzene rings is 2. The molecule has 2 aromatic carbocycles. The predicted molar refractivity (Wildman–Crippen MR) is 81.0 cm³/mol. The molecule has 0 spiro atoms. The van der Waals surface area contributed by atoms with Gasteiger partial charge in [0.25, 0.3) is 0 Å². The SMILES string of the molecule is NN=C1CC(c2ccc(C(F)(F)F)cc2)Oc2ccc(N)cc21. The number of ether oxygens (including phenoxy) is 1. The highest BCUT2D eigenvalue weighted by Gasteiger charge is 2.31. The summed E-state index contributed by atoms with van der Waals surface area (Å²) in [7, 11) is 0. The first kappa shape index (κ1) is 15.2. The maximum absolute atomic E-state index is 12.6. The van der Waals surface area contributed by atoms with E-state index in [0.717, 1.165) is 12.1 Å². The first-order valence-corrected chi connectivity index (χ1v) is 6.89. The Bertz CT molecular complexity index is 754. The van der Waals surface area contributed by atoms with Crippen LogP contribution in [0.1, 0.15) is 29.2 Å². The molecule has 0 amide bonds. The van der Waals surface area contributed by atoms with E-state index in [9.17, 15) is 13.2 Å². The third-order valence-electron chi connectivity index (χ3n) is 3.73. The first-order chi connectivity index (χ1) is 10.9. The van der Waals surface area contributed by atoms with Crippen molar-refractivity contribution < 1.29 is 17.9 Å². The lowest BCUT2D eigenvalue weighted by atomic mass is 9.95. The van der Waals surface area contributed by atoms with Gasteiger partial charge >= 0.3 is 6.18 Å².